The van der Waals surface area contributed by atoms with Crippen molar-refractivity contribution < 1.29 is 13.2 Å². The number of carbonyl (C=O) groups is 1. The molecule has 80 valence electrons. The summed E-state index contributed by atoms with van der Waals surface area (Å²) >= 11 is 3.18. The lowest BCUT2D eigenvalue weighted by atomic mass is 10.2. The van der Waals surface area contributed by atoms with Gasteiger partial charge in [-0.3, -0.25) is 4.79 Å². The third-order valence-corrected chi connectivity index (χ3v) is 4.83. The second-order valence-corrected chi connectivity index (χ2v) is 5.77. The summed E-state index contributed by atoms with van der Waals surface area (Å²) in [7, 11) is -3.61. The van der Waals surface area contributed by atoms with Crippen molar-refractivity contribution >= 4 is 31.9 Å². The fraction of sp³-hybridized carbons (Fsp3) is 0.222. The quantitative estimate of drug-likeness (QED) is 0.789. The van der Waals surface area contributed by atoms with Crippen molar-refractivity contribution in [2.45, 2.75) is 11.8 Å². The number of amides is 1. The van der Waals surface area contributed by atoms with Gasteiger partial charge in [-0.15, -0.1) is 0 Å². The van der Waals surface area contributed by atoms with E-state index >= 15 is 0 Å². The predicted molar refractivity (Wildman–Crippen MR) is 58.0 cm³/mol. The van der Waals surface area contributed by atoms with E-state index in [0.29, 0.717) is 4.47 Å². The first-order valence-electron chi connectivity index (χ1n) is 4.35. The fourth-order valence-electron chi connectivity index (χ4n) is 1.59. The van der Waals surface area contributed by atoms with Crippen LogP contribution in [-0.4, -0.2) is 25.2 Å². The molecule has 1 aromatic rings. The number of halogens is 1. The van der Waals surface area contributed by atoms with E-state index in [-0.39, 0.29) is 17.0 Å². The highest BCUT2D eigenvalue weighted by Gasteiger charge is 2.41. The monoisotopic (exact) mass is 289 g/mol. The highest BCUT2D eigenvalue weighted by molar-refractivity contribution is 9.10. The first kappa shape index (κ1) is 10.6. The molecular formula is C9H8BrNO3S. The molecule has 0 radical (unpaired) electrons. The zero-order valence-corrected chi connectivity index (χ0v) is 10.3. The van der Waals surface area contributed by atoms with E-state index in [1.807, 2.05) is 0 Å². The summed E-state index contributed by atoms with van der Waals surface area (Å²) in [6.45, 7) is 1.79. The van der Waals surface area contributed by atoms with Crippen LogP contribution in [0.5, 0.6) is 0 Å². The molecule has 0 aliphatic carbocycles. The minimum atomic E-state index is -3.61. The van der Waals surface area contributed by atoms with Gasteiger partial charge < -0.3 is 0 Å². The van der Waals surface area contributed by atoms with Gasteiger partial charge >= 0.3 is 0 Å². The number of fused-ring (bicyclic) bond motifs is 1. The molecule has 0 aromatic heterocycles. The second kappa shape index (κ2) is 3.31. The smallest absolute Gasteiger partial charge is 0.268 e. The van der Waals surface area contributed by atoms with Gasteiger partial charge in [-0.1, -0.05) is 6.07 Å². The number of hydrogen-bond donors (Lipinski definition) is 0. The van der Waals surface area contributed by atoms with Crippen molar-refractivity contribution in [2.75, 3.05) is 6.54 Å². The van der Waals surface area contributed by atoms with Gasteiger partial charge in [-0.05, 0) is 35.0 Å². The standard InChI is InChI=1S/C9H8BrNO3S/c1-2-11-9(12)8-6(10)4-3-5-7(8)15(11,13)14/h3-5H,2H2,1H3. The molecule has 2 rings (SSSR count). The minimum Gasteiger partial charge on any atom is -0.268 e. The Labute approximate surface area is 96.1 Å². The van der Waals surface area contributed by atoms with Gasteiger partial charge in [0.25, 0.3) is 15.9 Å². The fourth-order valence-corrected chi connectivity index (χ4v) is 3.85. The normalized spacial score (nSPS) is 18.0. The lowest BCUT2D eigenvalue weighted by Gasteiger charge is -2.10. The average Bonchev–Trinajstić information content (AvgIpc) is 2.36. The number of sulfonamides is 1. The summed E-state index contributed by atoms with van der Waals surface area (Å²) < 4.78 is 25.1. The molecule has 0 saturated heterocycles. The van der Waals surface area contributed by atoms with Crippen molar-refractivity contribution in [1.29, 1.82) is 0 Å². The molecule has 0 saturated carbocycles. The molecule has 0 N–H and O–H groups in total. The molecule has 6 heteroatoms. The maximum absolute atomic E-state index is 11.9. The highest BCUT2D eigenvalue weighted by Crippen LogP contribution is 2.34. The van der Waals surface area contributed by atoms with Gasteiger partial charge in [0.15, 0.2) is 0 Å². The van der Waals surface area contributed by atoms with Crippen LogP contribution in [0.15, 0.2) is 27.6 Å². The van der Waals surface area contributed by atoms with Crippen molar-refractivity contribution in [3.8, 4) is 0 Å². The summed E-state index contributed by atoms with van der Waals surface area (Å²) in [5, 5.41) is 0. The first-order chi connectivity index (χ1) is 7.00. The maximum Gasteiger partial charge on any atom is 0.270 e. The number of benzene rings is 1. The Kier molecular flexibility index (Phi) is 2.35. The Hall–Kier alpha value is -0.880. The van der Waals surface area contributed by atoms with Crippen LogP contribution in [-0.2, 0) is 10.0 Å². The lowest BCUT2D eigenvalue weighted by Crippen LogP contribution is -2.29. The topological polar surface area (TPSA) is 54.5 Å². The summed E-state index contributed by atoms with van der Waals surface area (Å²) in [4.78, 5) is 11.9. The van der Waals surface area contributed by atoms with Gasteiger partial charge in [0.05, 0.1) is 5.56 Å². The molecule has 0 spiro atoms. The van der Waals surface area contributed by atoms with Gasteiger partial charge in [0.1, 0.15) is 4.90 Å². The minimum absolute atomic E-state index is 0.0868. The molecule has 0 atom stereocenters. The highest BCUT2D eigenvalue weighted by atomic mass is 79.9. The first-order valence-corrected chi connectivity index (χ1v) is 6.59. The van der Waals surface area contributed by atoms with Crippen LogP contribution in [0.4, 0.5) is 0 Å². The Morgan fingerprint density at radius 3 is 2.60 bits per heavy atom. The molecule has 4 nitrogen and oxygen atoms in total. The van der Waals surface area contributed by atoms with Crippen LogP contribution in [0.3, 0.4) is 0 Å². The lowest BCUT2D eigenvalue weighted by molar-refractivity contribution is 0.0875. The molecule has 1 aromatic carbocycles. The zero-order chi connectivity index (χ0) is 11.2. The van der Waals surface area contributed by atoms with Gasteiger partial charge in [-0.25, -0.2) is 12.7 Å². The SMILES string of the molecule is CCN1C(=O)c2c(Br)cccc2S1(=O)=O. The Balaban J connectivity index is 2.80. The van der Waals surface area contributed by atoms with Crippen molar-refractivity contribution in [3.05, 3.63) is 28.2 Å². The van der Waals surface area contributed by atoms with Crippen molar-refractivity contribution in [3.63, 3.8) is 0 Å². The zero-order valence-electron chi connectivity index (χ0n) is 7.90. The number of hydrogen-bond acceptors (Lipinski definition) is 3. The summed E-state index contributed by atoms with van der Waals surface area (Å²) in [5.41, 5.74) is 0.236. The Morgan fingerprint density at radius 1 is 1.40 bits per heavy atom. The van der Waals surface area contributed by atoms with E-state index in [1.165, 1.54) is 6.07 Å². The van der Waals surface area contributed by atoms with Crippen LogP contribution in [0, 0.1) is 0 Å². The van der Waals surface area contributed by atoms with Crippen LogP contribution in [0.2, 0.25) is 0 Å². The molecular weight excluding hydrogens is 282 g/mol. The molecule has 1 heterocycles. The van der Waals surface area contributed by atoms with E-state index in [2.05, 4.69) is 15.9 Å². The van der Waals surface area contributed by atoms with E-state index in [0.717, 1.165) is 4.31 Å². The molecule has 1 aliphatic rings. The summed E-state index contributed by atoms with van der Waals surface area (Å²) in [6, 6.07) is 4.71. The van der Waals surface area contributed by atoms with Crippen molar-refractivity contribution in [1.82, 2.24) is 4.31 Å². The molecule has 15 heavy (non-hydrogen) atoms. The molecule has 0 fully saturated rings. The number of rotatable bonds is 1. The molecule has 0 unspecified atom stereocenters. The second-order valence-electron chi connectivity index (χ2n) is 3.09. The predicted octanol–water partition coefficient (Wildman–Crippen LogP) is 1.61. The van der Waals surface area contributed by atoms with E-state index in [9.17, 15) is 13.2 Å². The van der Waals surface area contributed by atoms with E-state index in [1.54, 1.807) is 19.1 Å². The largest absolute Gasteiger partial charge is 0.270 e. The maximum atomic E-state index is 11.9. The van der Waals surface area contributed by atoms with E-state index < -0.39 is 15.9 Å². The Morgan fingerprint density at radius 2 is 2.07 bits per heavy atom. The third kappa shape index (κ3) is 1.32. The van der Waals surface area contributed by atoms with E-state index in [4.69, 9.17) is 0 Å². The van der Waals surface area contributed by atoms with Gasteiger partial charge in [-0.2, -0.15) is 0 Å². The summed E-state index contributed by atoms with van der Waals surface area (Å²) in [5.74, 6) is -0.458. The van der Waals surface area contributed by atoms with Gasteiger partial charge in [0.2, 0.25) is 0 Å². The molecule has 1 amide bonds. The average molecular weight is 290 g/mol. The van der Waals surface area contributed by atoms with Gasteiger partial charge in [0, 0.05) is 11.0 Å². The van der Waals surface area contributed by atoms with Crippen LogP contribution >= 0.6 is 15.9 Å². The van der Waals surface area contributed by atoms with Crippen LogP contribution in [0.1, 0.15) is 17.3 Å². The Bertz CT molecular complexity index is 538. The number of carbonyl (C=O) groups excluding carboxylic acids is 1. The molecule has 0 bridgehead atoms. The van der Waals surface area contributed by atoms with Crippen LogP contribution < -0.4 is 0 Å². The molecule has 1 aliphatic heterocycles. The van der Waals surface area contributed by atoms with Crippen molar-refractivity contribution in [2.24, 2.45) is 0 Å². The summed E-state index contributed by atoms with van der Waals surface area (Å²) in [6.07, 6.45) is 0. The third-order valence-electron chi connectivity index (χ3n) is 2.27. The van der Waals surface area contributed by atoms with Crippen LogP contribution in [0.25, 0.3) is 0 Å². The number of nitrogens with zero attached hydrogens (tertiary/aromatic N) is 1.